The monoisotopic (exact) mass is 255 g/mol. The quantitative estimate of drug-likeness (QED) is 0.765. The molecule has 0 heterocycles. The molecule has 2 amide bonds. The van der Waals surface area contributed by atoms with Crippen LogP contribution in [0.3, 0.4) is 0 Å². The fourth-order valence-electron chi connectivity index (χ4n) is 2.50. The third-order valence-corrected chi connectivity index (χ3v) is 3.84. The minimum Gasteiger partial charge on any atom is -0.368 e. The zero-order valence-corrected chi connectivity index (χ0v) is 11.6. The molecule has 0 aromatic rings. The topological polar surface area (TPSA) is 89.4 Å². The van der Waals surface area contributed by atoms with Gasteiger partial charge in [0.25, 0.3) is 0 Å². The summed E-state index contributed by atoms with van der Waals surface area (Å²) < 4.78 is 0. The molecular formula is C13H25N3O2. The summed E-state index contributed by atoms with van der Waals surface area (Å²) >= 11 is 0. The van der Waals surface area contributed by atoms with Crippen molar-refractivity contribution >= 4 is 11.8 Å². The minimum atomic E-state index is -0.467. The van der Waals surface area contributed by atoms with Crippen LogP contribution >= 0.6 is 0 Å². The summed E-state index contributed by atoms with van der Waals surface area (Å²) in [6.07, 6.45) is 2.54. The van der Waals surface area contributed by atoms with E-state index in [9.17, 15) is 9.59 Å². The Morgan fingerprint density at radius 1 is 1.33 bits per heavy atom. The number of amides is 2. The molecule has 5 nitrogen and oxygen atoms in total. The highest BCUT2D eigenvalue weighted by Gasteiger charge is 2.33. The first-order valence-corrected chi connectivity index (χ1v) is 6.67. The van der Waals surface area contributed by atoms with Gasteiger partial charge in [0.05, 0.1) is 6.54 Å². The van der Waals surface area contributed by atoms with Gasteiger partial charge < -0.3 is 16.4 Å². The number of primary amides is 1. The number of hydrogen-bond acceptors (Lipinski definition) is 3. The lowest BCUT2D eigenvalue weighted by Gasteiger charge is -2.35. The number of nitrogens with zero attached hydrogens (tertiary/aromatic N) is 1. The molecule has 0 aromatic carbocycles. The van der Waals surface area contributed by atoms with E-state index in [0.29, 0.717) is 12.3 Å². The first-order chi connectivity index (χ1) is 8.32. The van der Waals surface area contributed by atoms with Crippen molar-refractivity contribution in [3.8, 4) is 0 Å². The molecule has 3 unspecified atom stereocenters. The summed E-state index contributed by atoms with van der Waals surface area (Å²) in [5.74, 6) is -0.0349. The summed E-state index contributed by atoms with van der Waals surface area (Å²) in [6.45, 7) is 5.91. The van der Waals surface area contributed by atoms with Gasteiger partial charge in [0.1, 0.15) is 0 Å². The van der Waals surface area contributed by atoms with Gasteiger partial charge in [-0.1, -0.05) is 6.92 Å². The van der Waals surface area contributed by atoms with E-state index in [4.69, 9.17) is 11.5 Å². The molecule has 1 aliphatic carbocycles. The predicted octanol–water partition coefficient (Wildman–Crippen LogP) is 0.472. The van der Waals surface area contributed by atoms with E-state index >= 15 is 0 Å². The molecular weight excluding hydrogens is 230 g/mol. The molecule has 1 saturated carbocycles. The average Bonchev–Trinajstić information content (AvgIpc) is 2.28. The highest BCUT2D eigenvalue weighted by atomic mass is 16.2. The standard InChI is InChI=1S/C13H25N3O2/c1-8(2)16(7-12(15)17)13(18)10-5-4-9(3)11(14)6-10/h8-11H,4-7,14H2,1-3H3,(H2,15,17). The first kappa shape index (κ1) is 15.0. The van der Waals surface area contributed by atoms with Gasteiger partial charge in [-0.2, -0.15) is 0 Å². The summed E-state index contributed by atoms with van der Waals surface area (Å²) in [6, 6.07) is 0.0656. The van der Waals surface area contributed by atoms with Gasteiger partial charge in [-0.25, -0.2) is 0 Å². The van der Waals surface area contributed by atoms with Crippen molar-refractivity contribution in [2.24, 2.45) is 23.3 Å². The smallest absolute Gasteiger partial charge is 0.237 e. The van der Waals surface area contributed by atoms with Crippen molar-refractivity contribution in [3.63, 3.8) is 0 Å². The maximum atomic E-state index is 12.4. The van der Waals surface area contributed by atoms with Crippen LogP contribution in [0.5, 0.6) is 0 Å². The molecule has 1 fully saturated rings. The van der Waals surface area contributed by atoms with Gasteiger partial charge in [-0.15, -0.1) is 0 Å². The van der Waals surface area contributed by atoms with Crippen molar-refractivity contribution in [1.29, 1.82) is 0 Å². The molecule has 0 spiro atoms. The van der Waals surface area contributed by atoms with E-state index in [-0.39, 0.29) is 30.5 Å². The van der Waals surface area contributed by atoms with Crippen LogP contribution in [0.4, 0.5) is 0 Å². The first-order valence-electron chi connectivity index (χ1n) is 6.67. The third kappa shape index (κ3) is 3.70. The van der Waals surface area contributed by atoms with Crippen LogP contribution in [0.2, 0.25) is 0 Å². The summed E-state index contributed by atoms with van der Waals surface area (Å²) in [5, 5.41) is 0. The summed E-state index contributed by atoms with van der Waals surface area (Å²) in [4.78, 5) is 25.0. The Morgan fingerprint density at radius 3 is 2.39 bits per heavy atom. The summed E-state index contributed by atoms with van der Waals surface area (Å²) in [5.41, 5.74) is 11.2. The van der Waals surface area contributed by atoms with Gasteiger partial charge in [0, 0.05) is 18.0 Å². The van der Waals surface area contributed by atoms with Crippen LogP contribution in [0.1, 0.15) is 40.0 Å². The lowest BCUT2D eigenvalue weighted by molar-refractivity contribution is -0.141. The predicted molar refractivity (Wildman–Crippen MR) is 70.5 cm³/mol. The maximum Gasteiger partial charge on any atom is 0.237 e. The maximum absolute atomic E-state index is 12.4. The molecule has 4 N–H and O–H groups in total. The van der Waals surface area contributed by atoms with Gasteiger partial charge in [-0.3, -0.25) is 9.59 Å². The fraction of sp³-hybridized carbons (Fsp3) is 0.846. The van der Waals surface area contributed by atoms with Crippen LogP contribution in [-0.2, 0) is 9.59 Å². The minimum absolute atomic E-state index is 0.00219. The summed E-state index contributed by atoms with van der Waals surface area (Å²) in [7, 11) is 0. The largest absolute Gasteiger partial charge is 0.368 e. The Hall–Kier alpha value is -1.10. The van der Waals surface area contributed by atoms with Gasteiger partial charge in [0.15, 0.2) is 0 Å². The Balaban J connectivity index is 2.68. The highest BCUT2D eigenvalue weighted by Crippen LogP contribution is 2.29. The molecule has 18 heavy (non-hydrogen) atoms. The Morgan fingerprint density at radius 2 is 1.94 bits per heavy atom. The molecule has 0 bridgehead atoms. The van der Waals surface area contributed by atoms with Crippen LogP contribution in [0.25, 0.3) is 0 Å². The second-order valence-electron chi connectivity index (χ2n) is 5.68. The normalized spacial score (nSPS) is 28.2. The molecule has 0 saturated heterocycles. The third-order valence-electron chi connectivity index (χ3n) is 3.84. The molecule has 5 heteroatoms. The SMILES string of the molecule is CC1CCC(C(=O)N(CC(N)=O)C(C)C)CC1N. The zero-order valence-electron chi connectivity index (χ0n) is 11.6. The van der Waals surface area contributed by atoms with Crippen LogP contribution in [0.15, 0.2) is 0 Å². The van der Waals surface area contributed by atoms with Gasteiger partial charge in [-0.05, 0) is 39.0 Å². The lowest BCUT2D eigenvalue weighted by Crippen LogP contribution is -2.48. The highest BCUT2D eigenvalue weighted by molar-refractivity contribution is 5.85. The van der Waals surface area contributed by atoms with E-state index in [0.717, 1.165) is 12.8 Å². The Labute approximate surface area is 109 Å². The average molecular weight is 255 g/mol. The van der Waals surface area contributed by atoms with Crippen LogP contribution in [-0.4, -0.2) is 35.3 Å². The van der Waals surface area contributed by atoms with Crippen molar-refractivity contribution in [2.45, 2.75) is 52.1 Å². The zero-order chi connectivity index (χ0) is 13.9. The molecule has 0 aliphatic heterocycles. The van der Waals surface area contributed by atoms with Crippen molar-refractivity contribution in [1.82, 2.24) is 4.90 Å². The second-order valence-corrected chi connectivity index (χ2v) is 5.68. The van der Waals surface area contributed by atoms with Crippen molar-refractivity contribution in [2.75, 3.05) is 6.54 Å². The molecule has 0 radical (unpaired) electrons. The van der Waals surface area contributed by atoms with E-state index < -0.39 is 5.91 Å². The molecule has 1 aliphatic rings. The van der Waals surface area contributed by atoms with E-state index in [1.807, 2.05) is 13.8 Å². The van der Waals surface area contributed by atoms with Gasteiger partial charge in [0.2, 0.25) is 11.8 Å². The Kier molecular flexibility index (Phi) is 5.14. The van der Waals surface area contributed by atoms with Gasteiger partial charge >= 0.3 is 0 Å². The Bertz CT molecular complexity index is 317. The van der Waals surface area contributed by atoms with E-state index in [1.54, 1.807) is 4.90 Å². The van der Waals surface area contributed by atoms with Crippen LogP contribution in [0, 0.1) is 11.8 Å². The van der Waals surface area contributed by atoms with E-state index in [1.165, 1.54) is 0 Å². The fourth-order valence-corrected chi connectivity index (χ4v) is 2.50. The molecule has 104 valence electrons. The number of nitrogens with two attached hydrogens (primary N) is 2. The van der Waals surface area contributed by atoms with Crippen LogP contribution < -0.4 is 11.5 Å². The molecule has 1 rings (SSSR count). The number of carbonyl (C=O) groups is 2. The van der Waals surface area contributed by atoms with Crippen molar-refractivity contribution in [3.05, 3.63) is 0 Å². The van der Waals surface area contributed by atoms with E-state index in [2.05, 4.69) is 6.92 Å². The number of carbonyl (C=O) groups excluding carboxylic acids is 2. The van der Waals surface area contributed by atoms with Crippen molar-refractivity contribution < 1.29 is 9.59 Å². The molecule has 3 atom stereocenters. The second kappa shape index (κ2) is 6.18. The molecule has 0 aromatic heterocycles. The lowest BCUT2D eigenvalue weighted by atomic mass is 9.79. The number of rotatable bonds is 4. The number of hydrogen-bond donors (Lipinski definition) is 2.